The van der Waals surface area contributed by atoms with Crippen LogP contribution in [0.15, 0.2) is 36.2 Å². The number of rotatable bonds is 6. The van der Waals surface area contributed by atoms with Gasteiger partial charge < -0.3 is 4.74 Å². The van der Waals surface area contributed by atoms with E-state index in [1.54, 1.807) is 6.07 Å². The summed E-state index contributed by atoms with van der Waals surface area (Å²) in [6, 6.07) is 9.18. The molecule has 1 saturated carbocycles. The molecule has 1 fully saturated rings. The van der Waals surface area contributed by atoms with Crippen LogP contribution in [0.3, 0.4) is 0 Å². The molecule has 1 aliphatic carbocycles. The highest BCUT2D eigenvalue weighted by Gasteiger charge is 2.26. The molecule has 25 heavy (non-hydrogen) atoms. The van der Waals surface area contributed by atoms with Crippen molar-refractivity contribution in [3.63, 3.8) is 0 Å². The zero-order valence-corrected chi connectivity index (χ0v) is 15.0. The predicted molar refractivity (Wildman–Crippen MR) is 95.7 cm³/mol. The van der Waals surface area contributed by atoms with Gasteiger partial charge in [-0.3, -0.25) is 0 Å². The summed E-state index contributed by atoms with van der Waals surface area (Å²) < 4.78 is 18.7. The molecule has 1 aromatic carbocycles. The van der Waals surface area contributed by atoms with Gasteiger partial charge in [0.05, 0.1) is 11.7 Å². The van der Waals surface area contributed by atoms with E-state index >= 15 is 0 Å². The Morgan fingerprint density at radius 3 is 2.68 bits per heavy atom. The van der Waals surface area contributed by atoms with Crippen molar-refractivity contribution in [2.45, 2.75) is 64.4 Å². The van der Waals surface area contributed by atoms with Crippen molar-refractivity contribution in [2.75, 3.05) is 0 Å². The van der Waals surface area contributed by atoms with Crippen LogP contribution in [0.1, 0.15) is 74.2 Å². The molecule has 134 valence electrons. The summed E-state index contributed by atoms with van der Waals surface area (Å²) >= 11 is 0. The number of benzene rings is 1. The van der Waals surface area contributed by atoms with E-state index in [9.17, 15) is 9.18 Å². The van der Waals surface area contributed by atoms with Gasteiger partial charge in [0, 0.05) is 0 Å². The summed E-state index contributed by atoms with van der Waals surface area (Å²) in [6.07, 6.45) is 6.61. The molecule has 1 atom stereocenters. The summed E-state index contributed by atoms with van der Waals surface area (Å²) in [7, 11) is 0. The van der Waals surface area contributed by atoms with Gasteiger partial charge in [-0.25, -0.2) is 4.79 Å². The molecule has 0 N–H and O–H groups in total. The number of carbonyl (C=O) groups is 1. The molecule has 1 aromatic rings. The lowest BCUT2D eigenvalue weighted by molar-refractivity contribution is 0.0321. The van der Waals surface area contributed by atoms with Crippen molar-refractivity contribution in [2.24, 2.45) is 5.92 Å². The maximum atomic E-state index is 13.1. The minimum absolute atomic E-state index is 0.0830. The highest BCUT2D eigenvalue weighted by atomic mass is 19.1. The average Bonchev–Trinajstić information content (AvgIpc) is 2.62. The van der Waals surface area contributed by atoms with Gasteiger partial charge in [0.25, 0.3) is 0 Å². The van der Waals surface area contributed by atoms with Crippen LogP contribution < -0.4 is 0 Å². The minimum atomic E-state index is -0.697. The molecular weight excluding hydrogens is 317 g/mol. The lowest BCUT2D eigenvalue weighted by atomic mass is 9.77. The van der Waals surface area contributed by atoms with Crippen LogP contribution in [0.4, 0.5) is 4.39 Å². The topological polar surface area (TPSA) is 50.1 Å². The summed E-state index contributed by atoms with van der Waals surface area (Å²) in [5, 5.41) is 8.56. The van der Waals surface area contributed by atoms with E-state index in [1.165, 1.54) is 6.08 Å². The minimum Gasteiger partial charge on any atom is -0.459 e. The van der Waals surface area contributed by atoms with Crippen LogP contribution in [-0.4, -0.2) is 12.1 Å². The van der Waals surface area contributed by atoms with E-state index < -0.39 is 5.83 Å². The first-order valence-electron chi connectivity index (χ1n) is 9.12. The summed E-state index contributed by atoms with van der Waals surface area (Å²) in [5.74, 6) is -0.564. The number of nitriles is 1. The Balaban J connectivity index is 2.06. The van der Waals surface area contributed by atoms with Crippen molar-refractivity contribution in [3.05, 3.63) is 47.3 Å². The SMILES string of the molecule is CCCC(C)OC(=O)c1ccccc1C1CCC(C=C(F)C#N)CC1. The number of hydrogen-bond donors (Lipinski definition) is 0. The molecule has 4 heteroatoms. The monoisotopic (exact) mass is 343 g/mol. The van der Waals surface area contributed by atoms with E-state index in [0.29, 0.717) is 5.56 Å². The molecule has 3 nitrogen and oxygen atoms in total. The second-order valence-electron chi connectivity index (χ2n) is 6.83. The van der Waals surface area contributed by atoms with Gasteiger partial charge in [0.2, 0.25) is 0 Å². The van der Waals surface area contributed by atoms with Crippen LogP contribution in [0.5, 0.6) is 0 Å². The van der Waals surface area contributed by atoms with Crippen LogP contribution in [0.25, 0.3) is 0 Å². The zero-order chi connectivity index (χ0) is 18.2. The number of allylic oxidation sites excluding steroid dienone is 2. The third-order valence-electron chi connectivity index (χ3n) is 4.88. The van der Waals surface area contributed by atoms with Crippen molar-refractivity contribution < 1.29 is 13.9 Å². The fourth-order valence-corrected chi connectivity index (χ4v) is 3.59. The van der Waals surface area contributed by atoms with Crippen LogP contribution >= 0.6 is 0 Å². The van der Waals surface area contributed by atoms with Gasteiger partial charge in [0.1, 0.15) is 6.07 Å². The van der Waals surface area contributed by atoms with Crippen LogP contribution in [-0.2, 0) is 4.74 Å². The Morgan fingerprint density at radius 1 is 1.36 bits per heavy atom. The highest BCUT2D eigenvalue weighted by molar-refractivity contribution is 5.91. The molecule has 0 radical (unpaired) electrons. The standard InChI is InChI=1S/C21H26FNO2/c1-3-6-15(2)25-21(24)20-8-5-4-7-19(20)17-11-9-16(10-12-17)13-18(22)14-23/h4-5,7-8,13,15-17H,3,6,9-12H2,1-2H3. The van der Waals surface area contributed by atoms with Crippen molar-refractivity contribution in [1.82, 2.24) is 0 Å². The van der Waals surface area contributed by atoms with Gasteiger partial charge in [-0.1, -0.05) is 31.5 Å². The number of hydrogen-bond acceptors (Lipinski definition) is 3. The van der Waals surface area contributed by atoms with Crippen molar-refractivity contribution in [1.29, 1.82) is 5.26 Å². The lowest BCUT2D eigenvalue weighted by Gasteiger charge is -2.28. The normalized spacial score (nSPS) is 22.1. The smallest absolute Gasteiger partial charge is 0.338 e. The molecule has 0 aliphatic heterocycles. The van der Waals surface area contributed by atoms with Gasteiger partial charge in [-0.05, 0) is 68.6 Å². The molecule has 0 amide bonds. The Bertz CT molecular complexity index is 654. The Hall–Kier alpha value is -2.15. The summed E-state index contributed by atoms with van der Waals surface area (Å²) in [6.45, 7) is 3.99. The van der Waals surface area contributed by atoms with Gasteiger partial charge in [-0.15, -0.1) is 0 Å². The molecule has 1 unspecified atom stereocenters. The number of nitrogens with zero attached hydrogens (tertiary/aromatic N) is 1. The van der Waals surface area contributed by atoms with E-state index in [-0.39, 0.29) is 23.9 Å². The first-order valence-corrected chi connectivity index (χ1v) is 9.12. The molecule has 0 bridgehead atoms. The van der Waals surface area contributed by atoms with Gasteiger partial charge in [0.15, 0.2) is 5.83 Å². The first-order chi connectivity index (χ1) is 12.0. The molecule has 0 spiro atoms. The highest BCUT2D eigenvalue weighted by Crippen LogP contribution is 2.38. The van der Waals surface area contributed by atoms with Crippen LogP contribution in [0.2, 0.25) is 0 Å². The van der Waals surface area contributed by atoms with E-state index in [1.807, 2.05) is 31.2 Å². The molecule has 0 aromatic heterocycles. The fraction of sp³-hybridized carbons (Fsp3) is 0.524. The molecular formula is C21H26FNO2. The first kappa shape index (κ1) is 19.2. The Labute approximate surface area is 149 Å². The molecule has 2 rings (SSSR count). The second-order valence-corrected chi connectivity index (χ2v) is 6.83. The zero-order valence-electron chi connectivity index (χ0n) is 15.0. The molecule has 0 heterocycles. The van der Waals surface area contributed by atoms with Crippen molar-refractivity contribution >= 4 is 5.97 Å². The maximum Gasteiger partial charge on any atom is 0.338 e. The summed E-state index contributed by atoms with van der Waals surface area (Å²) in [4.78, 5) is 12.5. The number of ether oxygens (including phenoxy) is 1. The van der Waals surface area contributed by atoms with Gasteiger partial charge >= 0.3 is 5.97 Å². The molecule has 1 aliphatic rings. The maximum absolute atomic E-state index is 13.1. The average molecular weight is 343 g/mol. The summed E-state index contributed by atoms with van der Waals surface area (Å²) in [5.41, 5.74) is 1.67. The van der Waals surface area contributed by atoms with E-state index in [4.69, 9.17) is 10.00 Å². The Kier molecular flexibility index (Phi) is 7.18. The van der Waals surface area contributed by atoms with E-state index in [0.717, 1.165) is 44.1 Å². The van der Waals surface area contributed by atoms with Gasteiger partial charge in [-0.2, -0.15) is 9.65 Å². The predicted octanol–water partition coefficient (Wildman–Crippen LogP) is 5.68. The van der Waals surface area contributed by atoms with E-state index in [2.05, 4.69) is 6.92 Å². The van der Waals surface area contributed by atoms with Crippen LogP contribution in [0, 0.1) is 17.2 Å². The second kappa shape index (κ2) is 9.36. The van der Waals surface area contributed by atoms with Crippen molar-refractivity contribution in [3.8, 4) is 6.07 Å². The Morgan fingerprint density at radius 2 is 2.04 bits per heavy atom. The molecule has 0 saturated heterocycles. The quantitative estimate of drug-likeness (QED) is 0.493. The third-order valence-corrected chi connectivity index (χ3v) is 4.88. The fourth-order valence-electron chi connectivity index (χ4n) is 3.59. The third kappa shape index (κ3) is 5.42. The largest absolute Gasteiger partial charge is 0.459 e. The number of carbonyl (C=O) groups excluding carboxylic acids is 1. The number of esters is 1. The lowest BCUT2D eigenvalue weighted by Crippen LogP contribution is -2.19. The number of halogens is 1.